The van der Waals surface area contributed by atoms with E-state index in [1.165, 1.54) is 38.2 Å². The number of halogens is 2. The van der Waals surface area contributed by atoms with Crippen LogP contribution in [0.2, 0.25) is 0 Å². The smallest absolute Gasteiger partial charge is 0.134 e. The normalized spacial score (nSPS) is 25.1. The minimum atomic E-state index is -0.480. The number of hydrogen-bond donors (Lipinski definition) is 0. The highest BCUT2D eigenvalue weighted by Gasteiger charge is 2.35. The molecule has 0 spiro atoms. The van der Waals surface area contributed by atoms with Crippen molar-refractivity contribution in [2.75, 3.05) is 6.61 Å². The van der Waals surface area contributed by atoms with E-state index in [1.54, 1.807) is 30.3 Å². The van der Waals surface area contributed by atoms with Crippen molar-refractivity contribution in [2.45, 2.75) is 57.3 Å². The SMILES string of the molecule is C=CCCC1CCC2CC(c3ccc(-c4ccc(OCC=C)cc4F)c(F)c3)CCC2C1. The number of hydrogen-bond acceptors (Lipinski definition) is 1. The molecule has 0 amide bonds. The molecule has 2 aliphatic rings. The molecular formula is C29H34F2O. The van der Waals surface area contributed by atoms with Gasteiger partial charge in [-0.1, -0.05) is 37.3 Å². The number of rotatable bonds is 8. The van der Waals surface area contributed by atoms with E-state index in [4.69, 9.17) is 4.74 Å². The van der Waals surface area contributed by atoms with E-state index in [0.717, 1.165) is 42.6 Å². The van der Waals surface area contributed by atoms with Crippen LogP contribution >= 0.6 is 0 Å². The van der Waals surface area contributed by atoms with Gasteiger partial charge in [0.05, 0.1) is 0 Å². The summed E-state index contributed by atoms with van der Waals surface area (Å²) in [6, 6.07) is 9.94. The predicted molar refractivity (Wildman–Crippen MR) is 128 cm³/mol. The zero-order chi connectivity index (χ0) is 22.5. The van der Waals surface area contributed by atoms with Gasteiger partial charge in [0, 0.05) is 17.2 Å². The maximum atomic E-state index is 15.1. The molecule has 1 nitrogen and oxygen atoms in total. The minimum Gasteiger partial charge on any atom is -0.489 e. The van der Waals surface area contributed by atoms with Gasteiger partial charge >= 0.3 is 0 Å². The molecule has 170 valence electrons. The van der Waals surface area contributed by atoms with Gasteiger partial charge in [-0.3, -0.25) is 0 Å². The third-order valence-corrected chi connectivity index (χ3v) is 7.56. The van der Waals surface area contributed by atoms with E-state index < -0.39 is 5.82 Å². The standard InChI is InChI=1S/C29H34F2O/c1-3-5-6-20-7-8-22-17-23(10-9-21(22)16-20)24-11-13-26(28(30)18-24)27-14-12-25(19-29(27)31)32-15-4-2/h3-4,11-14,18-23H,1-2,5-10,15-17H2. The molecule has 0 saturated heterocycles. The summed E-state index contributed by atoms with van der Waals surface area (Å²) < 4.78 is 35.0. The van der Waals surface area contributed by atoms with E-state index in [0.29, 0.717) is 23.8 Å². The molecule has 2 saturated carbocycles. The number of ether oxygens (including phenoxy) is 1. The zero-order valence-corrected chi connectivity index (χ0v) is 18.9. The average Bonchev–Trinajstić information content (AvgIpc) is 2.81. The lowest BCUT2D eigenvalue weighted by Gasteiger charge is -2.42. The van der Waals surface area contributed by atoms with Gasteiger partial charge < -0.3 is 4.74 Å². The van der Waals surface area contributed by atoms with Gasteiger partial charge in [0.25, 0.3) is 0 Å². The summed E-state index contributed by atoms with van der Waals surface area (Å²) >= 11 is 0. The molecule has 4 atom stereocenters. The third kappa shape index (κ3) is 5.14. The van der Waals surface area contributed by atoms with Crippen molar-refractivity contribution < 1.29 is 13.5 Å². The second-order valence-corrected chi connectivity index (χ2v) is 9.56. The molecule has 2 aliphatic carbocycles. The monoisotopic (exact) mass is 436 g/mol. The average molecular weight is 437 g/mol. The Morgan fingerprint density at radius 2 is 1.56 bits per heavy atom. The molecule has 0 heterocycles. The number of fused-ring (bicyclic) bond motifs is 1. The Kier molecular flexibility index (Phi) is 7.44. The maximum absolute atomic E-state index is 15.1. The fraction of sp³-hybridized carbons (Fsp3) is 0.448. The van der Waals surface area contributed by atoms with Crippen LogP contribution in [0.3, 0.4) is 0 Å². The Morgan fingerprint density at radius 3 is 2.28 bits per heavy atom. The van der Waals surface area contributed by atoms with Crippen molar-refractivity contribution in [1.29, 1.82) is 0 Å². The van der Waals surface area contributed by atoms with Gasteiger partial charge in [0.15, 0.2) is 0 Å². The highest BCUT2D eigenvalue weighted by Crippen LogP contribution is 2.48. The van der Waals surface area contributed by atoms with Gasteiger partial charge in [0.1, 0.15) is 24.0 Å². The van der Waals surface area contributed by atoms with Crippen LogP contribution in [0, 0.1) is 29.4 Å². The van der Waals surface area contributed by atoms with Crippen LogP contribution in [0.4, 0.5) is 8.78 Å². The Bertz CT molecular complexity index is 950. The van der Waals surface area contributed by atoms with E-state index in [2.05, 4.69) is 13.2 Å². The lowest BCUT2D eigenvalue weighted by molar-refractivity contribution is 0.115. The Balaban J connectivity index is 1.43. The topological polar surface area (TPSA) is 9.23 Å². The fourth-order valence-corrected chi connectivity index (χ4v) is 5.87. The highest BCUT2D eigenvalue weighted by atomic mass is 19.1. The predicted octanol–water partition coefficient (Wildman–Crippen LogP) is 8.46. The third-order valence-electron chi connectivity index (χ3n) is 7.56. The highest BCUT2D eigenvalue weighted by molar-refractivity contribution is 5.66. The van der Waals surface area contributed by atoms with E-state index >= 15 is 4.39 Å². The van der Waals surface area contributed by atoms with Crippen LogP contribution in [0.1, 0.15) is 62.8 Å². The largest absolute Gasteiger partial charge is 0.489 e. The molecule has 0 aliphatic heterocycles. The molecule has 0 aromatic heterocycles. The first-order chi connectivity index (χ1) is 15.6. The maximum Gasteiger partial charge on any atom is 0.134 e. The second-order valence-electron chi connectivity index (χ2n) is 9.56. The summed E-state index contributed by atoms with van der Waals surface area (Å²) in [6.07, 6.45) is 13.5. The number of allylic oxidation sites excluding steroid dienone is 1. The molecule has 4 rings (SSSR count). The van der Waals surface area contributed by atoms with Crippen molar-refractivity contribution in [2.24, 2.45) is 17.8 Å². The van der Waals surface area contributed by atoms with Crippen LogP contribution in [-0.4, -0.2) is 6.61 Å². The summed E-state index contributed by atoms with van der Waals surface area (Å²) in [4.78, 5) is 0. The van der Waals surface area contributed by atoms with Crippen LogP contribution in [0.25, 0.3) is 11.1 Å². The van der Waals surface area contributed by atoms with Crippen molar-refractivity contribution in [3.05, 3.63) is 78.9 Å². The van der Waals surface area contributed by atoms with Crippen LogP contribution < -0.4 is 4.74 Å². The Morgan fingerprint density at radius 1 is 0.844 bits per heavy atom. The summed E-state index contributed by atoms with van der Waals surface area (Å²) in [5.41, 5.74) is 1.63. The van der Waals surface area contributed by atoms with Gasteiger partial charge in [-0.25, -0.2) is 8.78 Å². The van der Waals surface area contributed by atoms with Crippen molar-refractivity contribution in [3.8, 4) is 16.9 Å². The van der Waals surface area contributed by atoms with E-state index in [-0.39, 0.29) is 11.4 Å². The summed E-state index contributed by atoms with van der Waals surface area (Å²) in [7, 11) is 0. The van der Waals surface area contributed by atoms with E-state index in [9.17, 15) is 4.39 Å². The van der Waals surface area contributed by atoms with Crippen LogP contribution in [-0.2, 0) is 0 Å². The van der Waals surface area contributed by atoms with Gasteiger partial charge in [-0.15, -0.1) is 6.58 Å². The van der Waals surface area contributed by atoms with Crippen LogP contribution in [0.5, 0.6) is 5.75 Å². The quantitative estimate of drug-likeness (QED) is 0.377. The molecule has 2 aromatic carbocycles. The first kappa shape index (κ1) is 22.8. The minimum absolute atomic E-state index is 0.265. The molecule has 4 unspecified atom stereocenters. The fourth-order valence-electron chi connectivity index (χ4n) is 5.87. The molecule has 3 heteroatoms. The lowest BCUT2D eigenvalue weighted by atomic mass is 9.63. The molecule has 0 radical (unpaired) electrons. The Labute approximate surface area is 191 Å². The molecule has 2 aromatic rings. The molecule has 0 bridgehead atoms. The molecule has 0 N–H and O–H groups in total. The van der Waals surface area contributed by atoms with Crippen LogP contribution in [0.15, 0.2) is 61.7 Å². The van der Waals surface area contributed by atoms with Gasteiger partial charge in [-0.05, 0) is 92.4 Å². The van der Waals surface area contributed by atoms with Gasteiger partial charge in [-0.2, -0.15) is 0 Å². The van der Waals surface area contributed by atoms with Crippen molar-refractivity contribution in [1.82, 2.24) is 0 Å². The van der Waals surface area contributed by atoms with Crippen molar-refractivity contribution >= 4 is 0 Å². The molecule has 32 heavy (non-hydrogen) atoms. The lowest BCUT2D eigenvalue weighted by Crippen LogP contribution is -2.30. The number of benzene rings is 2. The summed E-state index contributed by atoms with van der Waals surface area (Å²) in [5, 5.41) is 0. The second kappa shape index (κ2) is 10.5. The van der Waals surface area contributed by atoms with E-state index in [1.807, 2.05) is 12.1 Å². The molecule has 2 fully saturated rings. The zero-order valence-electron chi connectivity index (χ0n) is 18.9. The summed E-state index contributed by atoms with van der Waals surface area (Å²) in [6.45, 7) is 7.75. The van der Waals surface area contributed by atoms with Gasteiger partial charge in [0.2, 0.25) is 0 Å². The Hall–Kier alpha value is -2.42. The van der Waals surface area contributed by atoms with Crippen molar-refractivity contribution in [3.63, 3.8) is 0 Å². The first-order valence-electron chi connectivity index (χ1n) is 12.0. The summed E-state index contributed by atoms with van der Waals surface area (Å²) in [5.74, 6) is 2.43. The molecular weight excluding hydrogens is 402 g/mol. The first-order valence-corrected chi connectivity index (χ1v) is 12.0.